The maximum atomic E-state index is 13.4. The summed E-state index contributed by atoms with van der Waals surface area (Å²) in [5.41, 5.74) is 0.512. The van der Waals surface area contributed by atoms with Crippen molar-refractivity contribution in [1.82, 2.24) is 19.9 Å². The van der Waals surface area contributed by atoms with E-state index >= 15 is 0 Å². The van der Waals surface area contributed by atoms with Crippen molar-refractivity contribution in [3.8, 4) is 0 Å². The van der Waals surface area contributed by atoms with Gasteiger partial charge < -0.3 is 24.0 Å². The zero-order chi connectivity index (χ0) is 19.2. The Labute approximate surface area is 159 Å². The number of methoxy groups -OCH3 is 1. The molecule has 0 radical (unpaired) electrons. The minimum absolute atomic E-state index is 0.162. The summed E-state index contributed by atoms with van der Waals surface area (Å²) in [5, 5.41) is 3.98. The number of likely N-dealkylation sites (tertiary alicyclic amines) is 3. The molecular formula is C19H28N4O4. The first-order valence-corrected chi connectivity index (χ1v) is 9.67. The van der Waals surface area contributed by atoms with Crippen LogP contribution in [0.15, 0.2) is 4.52 Å². The molecule has 1 aromatic rings. The second-order valence-corrected chi connectivity index (χ2v) is 8.23. The minimum Gasteiger partial charge on any atom is -0.380 e. The second-order valence-electron chi connectivity index (χ2n) is 8.23. The van der Waals surface area contributed by atoms with Gasteiger partial charge in [0.1, 0.15) is 5.76 Å². The number of rotatable bonds is 4. The van der Waals surface area contributed by atoms with Crippen molar-refractivity contribution in [2.45, 2.75) is 26.4 Å². The van der Waals surface area contributed by atoms with Crippen LogP contribution in [0.2, 0.25) is 0 Å². The summed E-state index contributed by atoms with van der Waals surface area (Å²) in [6.45, 7) is 6.33. The van der Waals surface area contributed by atoms with E-state index in [1.165, 1.54) is 0 Å². The highest BCUT2D eigenvalue weighted by atomic mass is 16.5. The molecule has 0 saturated carbocycles. The maximum absolute atomic E-state index is 13.4. The molecule has 2 atom stereocenters. The summed E-state index contributed by atoms with van der Waals surface area (Å²) in [5.74, 6) is 0.822. The lowest BCUT2D eigenvalue weighted by Gasteiger charge is -2.32. The van der Waals surface area contributed by atoms with Gasteiger partial charge in [-0.2, -0.15) is 0 Å². The van der Waals surface area contributed by atoms with Crippen molar-refractivity contribution in [2.24, 2.45) is 11.3 Å². The summed E-state index contributed by atoms with van der Waals surface area (Å²) in [6.07, 6.45) is 2.15. The normalized spacial score (nSPS) is 28.2. The van der Waals surface area contributed by atoms with Gasteiger partial charge in [0.25, 0.3) is 5.91 Å². The van der Waals surface area contributed by atoms with Gasteiger partial charge >= 0.3 is 0 Å². The molecule has 0 aromatic carbocycles. The Hall–Kier alpha value is -1.93. The molecule has 4 rings (SSSR count). The highest BCUT2D eigenvalue weighted by molar-refractivity contribution is 5.95. The molecule has 4 heterocycles. The van der Waals surface area contributed by atoms with Gasteiger partial charge in [-0.3, -0.25) is 9.59 Å². The lowest BCUT2D eigenvalue weighted by molar-refractivity contribution is -0.141. The van der Waals surface area contributed by atoms with Gasteiger partial charge in [0.15, 0.2) is 5.69 Å². The number of hydrogen-bond donors (Lipinski definition) is 0. The Kier molecular flexibility index (Phi) is 4.71. The van der Waals surface area contributed by atoms with E-state index in [0.717, 1.165) is 32.5 Å². The van der Waals surface area contributed by atoms with Gasteiger partial charge in [-0.1, -0.05) is 5.16 Å². The van der Waals surface area contributed by atoms with E-state index in [4.69, 9.17) is 9.26 Å². The van der Waals surface area contributed by atoms with Crippen LogP contribution >= 0.6 is 0 Å². The zero-order valence-electron chi connectivity index (χ0n) is 16.4. The molecule has 0 spiro atoms. The van der Waals surface area contributed by atoms with Gasteiger partial charge in [0, 0.05) is 52.3 Å². The molecule has 1 aromatic heterocycles. The molecule has 3 aliphatic rings. The predicted octanol–water partition coefficient (Wildman–Crippen LogP) is 0.756. The number of aryl methyl sites for hydroxylation is 1. The fourth-order valence-corrected chi connectivity index (χ4v) is 5.03. The second kappa shape index (κ2) is 6.91. The van der Waals surface area contributed by atoms with Gasteiger partial charge in [0.05, 0.1) is 17.6 Å². The lowest BCUT2D eigenvalue weighted by atomic mass is 9.79. The average molecular weight is 376 g/mol. The molecule has 3 saturated heterocycles. The standard InChI is InChI=1S/C19H28N4O4/c1-13-15(10-26-3)16(20-27-13)17(24)23-9-14-8-21(2)11-19(14,12-23)18(25)22-6-4-5-7-22/h14H,4-12H2,1-3H3/t14-,19-/m0/s1. The van der Waals surface area contributed by atoms with Crippen LogP contribution < -0.4 is 0 Å². The van der Waals surface area contributed by atoms with Gasteiger partial charge in [0.2, 0.25) is 5.91 Å². The number of ether oxygens (including phenoxy) is 1. The molecule has 0 aliphatic carbocycles. The number of fused-ring (bicyclic) bond motifs is 1. The van der Waals surface area contributed by atoms with E-state index in [1.807, 2.05) is 4.90 Å². The van der Waals surface area contributed by atoms with Crippen LogP contribution in [0.4, 0.5) is 0 Å². The van der Waals surface area contributed by atoms with Crippen LogP contribution in [0.25, 0.3) is 0 Å². The van der Waals surface area contributed by atoms with Crippen LogP contribution in [0.3, 0.4) is 0 Å². The first-order valence-electron chi connectivity index (χ1n) is 9.67. The molecule has 2 amide bonds. The van der Waals surface area contributed by atoms with Crippen LogP contribution in [-0.4, -0.2) is 85.1 Å². The first kappa shape index (κ1) is 18.4. The molecule has 8 heteroatoms. The van der Waals surface area contributed by atoms with Crippen LogP contribution in [0.1, 0.15) is 34.7 Å². The third kappa shape index (κ3) is 2.95. The average Bonchev–Trinajstić information content (AvgIpc) is 3.38. The van der Waals surface area contributed by atoms with E-state index in [9.17, 15) is 9.59 Å². The van der Waals surface area contributed by atoms with Crippen molar-refractivity contribution >= 4 is 11.8 Å². The molecule has 3 fully saturated rings. The fraction of sp³-hybridized carbons (Fsp3) is 0.737. The summed E-state index contributed by atoms with van der Waals surface area (Å²) < 4.78 is 10.4. The molecule has 3 aliphatic heterocycles. The third-order valence-electron chi connectivity index (χ3n) is 6.36. The Balaban J connectivity index is 1.58. The highest BCUT2D eigenvalue weighted by Gasteiger charge is 2.58. The van der Waals surface area contributed by atoms with E-state index in [2.05, 4.69) is 17.1 Å². The van der Waals surface area contributed by atoms with E-state index in [1.54, 1.807) is 18.9 Å². The third-order valence-corrected chi connectivity index (χ3v) is 6.36. The summed E-state index contributed by atoms with van der Waals surface area (Å²) in [4.78, 5) is 32.6. The smallest absolute Gasteiger partial charge is 0.276 e. The Bertz CT molecular complexity index is 742. The minimum atomic E-state index is -0.491. The quantitative estimate of drug-likeness (QED) is 0.772. The van der Waals surface area contributed by atoms with E-state index in [-0.39, 0.29) is 24.3 Å². The van der Waals surface area contributed by atoms with Gasteiger partial charge in [-0.05, 0) is 26.8 Å². The molecule has 27 heavy (non-hydrogen) atoms. The lowest BCUT2D eigenvalue weighted by Crippen LogP contribution is -2.49. The zero-order valence-corrected chi connectivity index (χ0v) is 16.4. The Morgan fingerprint density at radius 3 is 2.67 bits per heavy atom. The molecule has 148 valence electrons. The van der Waals surface area contributed by atoms with Crippen molar-refractivity contribution in [3.05, 3.63) is 17.0 Å². The van der Waals surface area contributed by atoms with Crippen LogP contribution in [0.5, 0.6) is 0 Å². The number of aromatic nitrogens is 1. The highest BCUT2D eigenvalue weighted by Crippen LogP contribution is 2.44. The summed E-state index contributed by atoms with van der Waals surface area (Å²) >= 11 is 0. The number of carbonyl (C=O) groups is 2. The Morgan fingerprint density at radius 1 is 1.22 bits per heavy atom. The summed E-state index contributed by atoms with van der Waals surface area (Å²) in [7, 11) is 3.64. The van der Waals surface area contributed by atoms with Crippen molar-refractivity contribution in [1.29, 1.82) is 0 Å². The fourth-order valence-electron chi connectivity index (χ4n) is 5.03. The van der Waals surface area contributed by atoms with Gasteiger partial charge in [-0.15, -0.1) is 0 Å². The Morgan fingerprint density at radius 2 is 1.96 bits per heavy atom. The van der Waals surface area contributed by atoms with Crippen molar-refractivity contribution in [3.63, 3.8) is 0 Å². The number of nitrogens with zero attached hydrogens (tertiary/aromatic N) is 4. The predicted molar refractivity (Wildman–Crippen MR) is 97.1 cm³/mol. The molecule has 8 nitrogen and oxygen atoms in total. The van der Waals surface area contributed by atoms with Crippen molar-refractivity contribution in [2.75, 3.05) is 53.4 Å². The number of amides is 2. The van der Waals surface area contributed by atoms with Crippen LogP contribution in [0, 0.1) is 18.3 Å². The number of carbonyl (C=O) groups excluding carboxylic acids is 2. The SMILES string of the molecule is COCc1c(C(=O)N2C[C@@H]3CN(C)C[C@]3(C(=O)N3CCCC3)C2)noc1C. The monoisotopic (exact) mass is 376 g/mol. The van der Waals surface area contributed by atoms with Crippen LogP contribution in [-0.2, 0) is 16.1 Å². The molecule has 0 bridgehead atoms. The van der Waals surface area contributed by atoms with Gasteiger partial charge in [-0.25, -0.2) is 0 Å². The number of hydrogen-bond acceptors (Lipinski definition) is 6. The van der Waals surface area contributed by atoms with E-state index < -0.39 is 5.41 Å². The maximum Gasteiger partial charge on any atom is 0.276 e. The largest absolute Gasteiger partial charge is 0.380 e. The first-order chi connectivity index (χ1) is 13.0. The summed E-state index contributed by atoms with van der Waals surface area (Å²) in [6, 6.07) is 0. The topological polar surface area (TPSA) is 79.1 Å². The molecular weight excluding hydrogens is 348 g/mol. The molecule has 0 N–H and O–H groups in total. The molecule has 0 unspecified atom stereocenters. The van der Waals surface area contributed by atoms with E-state index in [0.29, 0.717) is 36.7 Å². The van der Waals surface area contributed by atoms with Crippen molar-refractivity contribution < 1.29 is 18.8 Å².